The SMILES string of the molecule is O=C(O)c1cn(C2CC2)c2cc(N3CCC(O)(COc4ccc(N5C[C@H](CO)OC5=O)cc4F)C3)c(F)cc2c1=O. The third-order valence-corrected chi connectivity index (χ3v) is 7.75. The van der Waals surface area contributed by atoms with Gasteiger partial charge in [-0.1, -0.05) is 0 Å². The lowest BCUT2D eigenvalue weighted by Crippen LogP contribution is -2.39. The first kappa shape index (κ1) is 27.0. The summed E-state index contributed by atoms with van der Waals surface area (Å²) in [5.41, 5.74) is -1.82. The van der Waals surface area contributed by atoms with Crippen LogP contribution in [0.15, 0.2) is 41.3 Å². The second-order valence-corrected chi connectivity index (χ2v) is 10.7. The highest BCUT2D eigenvalue weighted by molar-refractivity contribution is 5.93. The number of ether oxygens (including phenoxy) is 2. The van der Waals surface area contributed by atoms with Gasteiger partial charge in [-0.05, 0) is 43.5 Å². The van der Waals surface area contributed by atoms with Crippen LogP contribution in [0.25, 0.3) is 10.9 Å². The summed E-state index contributed by atoms with van der Waals surface area (Å²) in [7, 11) is 0. The third-order valence-electron chi connectivity index (χ3n) is 7.75. The lowest BCUT2D eigenvalue weighted by molar-refractivity contribution is 0.0133. The molecule has 2 atom stereocenters. The summed E-state index contributed by atoms with van der Waals surface area (Å²) in [5, 5.41) is 29.8. The van der Waals surface area contributed by atoms with Crippen molar-refractivity contribution in [3.05, 3.63) is 63.9 Å². The number of cyclic esters (lactones) is 1. The number of fused-ring (bicyclic) bond motifs is 1. The van der Waals surface area contributed by atoms with Gasteiger partial charge in [-0.2, -0.15) is 0 Å². The number of halogens is 2. The van der Waals surface area contributed by atoms with Crippen LogP contribution in [-0.4, -0.2) is 76.5 Å². The average molecular weight is 572 g/mol. The molecule has 1 saturated carbocycles. The molecule has 2 saturated heterocycles. The molecule has 3 N–H and O–H groups in total. The summed E-state index contributed by atoms with van der Waals surface area (Å²) in [4.78, 5) is 39.1. The van der Waals surface area contributed by atoms with Crippen molar-refractivity contribution in [2.24, 2.45) is 0 Å². The topological polar surface area (TPSA) is 142 Å². The number of pyridine rings is 1. The van der Waals surface area contributed by atoms with Crippen molar-refractivity contribution >= 4 is 34.3 Å². The van der Waals surface area contributed by atoms with E-state index >= 15 is 4.39 Å². The van der Waals surface area contributed by atoms with Crippen molar-refractivity contribution in [3.63, 3.8) is 0 Å². The Bertz CT molecular complexity index is 1620. The number of hydrogen-bond acceptors (Lipinski definition) is 8. The maximum atomic E-state index is 15.3. The molecule has 3 aliphatic rings. The fourth-order valence-corrected chi connectivity index (χ4v) is 5.40. The number of nitrogens with zero attached hydrogens (tertiary/aromatic N) is 3. The zero-order valence-electron chi connectivity index (χ0n) is 21.8. The molecule has 3 aromatic rings. The number of aliphatic hydroxyl groups is 2. The van der Waals surface area contributed by atoms with Crippen molar-refractivity contribution in [1.82, 2.24) is 4.57 Å². The molecule has 11 nitrogen and oxygen atoms in total. The lowest BCUT2D eigenvalue weighted by atomic mass is 10.1. The largest absolute Gasteiger partial charge is 0.487 e. The standard InChI is InChI=1S/C28H27F2N3O8/c29-20-8-18-22(32(15-1-2-15)11-19(25(18)35)26(36)37)9-23(20)31-6-5-28(39,13-31)14-40-24-4-3-16(7-21(24)30)33-10-17(12-34)41-27(33)38/h3-4,7-9,11,15,17,34,39H,1-2,5-6,10,12-14H2,(H,36,37)/t17-,28?/m1/s1. The molecule has 1 amide bonds. The maximum Gasteiger partial charge on any atom is 0.414 e. The molecule has 3 heterocycles. The van der Waals surface area contributed by atoms with Gasteiger partial charge in [0.05, 0.1) is 36.6 Å². The van der Waals surface area contributed by atoms with Gasteiger partial charge >= 0.3 is 12.1 Å². The molecule has 216 valence electrons. The Morgan fingerprint density at radius 2 is 1.93 bits per heavy atom. The molecule has 2 aromatic carbocycles. The first-order valence-corrected chi connectivity index (χ1v) is 13.2. The fourth-order valence-electron chi connectivity index (χ4n) is 5.40. The van der Waals surface area contributed by atoms with Gasteiger partial charge in [-0.25, -0.2) is 18.4 Å². The first-order chi connectivity index (χ1) is 19.6. The molecule has 1 aliphatic carbocycles. The minimum atomic E-state index is -1.44. The van der Waals surface area contributed by atoms with Gasteiger partial charge in [0.25, 0.3) is 0 Å². The molecule has 1 unspecified atom stereocenters. The van der Waals surface area contributed by atoms with E-state index in [0.29, 0.717) is 5.52 Å². The zero-order chi connectivity index (χ0) is 29.1. The molecule has 3 fully saturated rings. The fraction of sp³-hybridized carbons (Fsp3) is 0.393. The van der Waals surface area contributed by atoms with Crippen LogP contribution >= 0.6 is 0 Å². The Morgan fingerprint density at radius 1 is 1.15 bits per heavy atom. The Labute approximate surface area is 231 Å². The summed E-state index contributed by atoms with van der Waals surface area (Å²) >= 11 is 0. The summed E-state index contributed by atoms with van der Waals surface area (Å²) in [5.74, 6) is -3.01. The van der Waals surface area contributed by atoms with Gasteiger partial charge in [-0.15, -0.1) is 0 Å². The van der Waals surface area contributed by atoms with Gasteiger partial charge in [0.1, 0.15) is 29.7 Å². The van der Waals surface area contributed by atoms with E-state index in [9.17, 15) is 34.1 Å². The van der Waals surface area contributed by atoms with Crippen LogP contribution in [-0.2, 0) is 4.74 Å². The van der Waals surface area contributed by atoms with E-state index < -0.39 is 46.4 Å². The zero-order valence-corrected chi connectivity index (χ0v) is 21.8. The molecule has 13 heteroatoms. The van der Waals surface area contributed by atoms with E-state index in [1.165, 1.54) is 29.3 Å². The number of aliphatic hydroxyl groups excluding tert-OH is 1. The molecular formula is C28H27F2N3O8. The van der Waals surface area contributed by atoms with E-state index in [2.05, 4.69) is 0 Å². The van der Waals surface area contributed by atoms with E-state index in [-0.39, 0.29) is 67.8 Å². The number of carbonyl (C=O) groups is 2. The highest BCUT2D eigenvalue weighted by Crippen LogP contribution is 2.39. The minimum absolute atomic E-state index is 0.0203. The molecule has 41 heavy (non-hydrogen) atoms. The van der Waals surface area contributed by atoms with Crippen molar-refractivity contribution in [1.29, 1.82) is 0 Å². The van der Waals surface area contributed by atoms with Crippen LogP contribution in [0.4, 0.5) is 25.0 Å². The predicted molar refractivity (Wildman–Crippen MR) is 142 cm³/mol. The van der Waals surface area contributed by atoms with Gasteiger partial charge in [0, 0.05) is 30.2 Å². The lowest BCUT2D eigenvalue weighted by Gasteiger charge is -2.25. The molecule has 0 radical (unpaired) electrons. The number of hydrogen-bond donors (Lipinski definition) is 3. The molecule has 2 aliphatic heterocycles. The highest BCUT2D eigenvalue weighted by Gasteiger charge is 2.39. The number of amides is 1. The Hall–Kier alpha value is -4.23. The van der Waals surface area contributed by atoms with Crippen molar-refractivity contribution in [3.8, 4) is 5.75 Å². The summed E-state index contributed by atoms with van der Waals surface area (Å²) in [6.07, 6.45) is 1.73. The molecular weight excluding hydrogens is 544 g/mol. The normalized spacial score (nSPS) is 22.4. The van der Waals surface area contributed by atoms with Crippen molar-refractivity contribution in [2.75, 3.05) is 42.6 Å². The Balaban J connectivity index is 1.19. The number of aromatic carboxylic acids is 1. The number of rotatable bonds is 8. The number of carboxylic acids is 1. The monoisotopic (exact) mass is 571 g/mol. The number of aromatic nitrogens is 1. The van der Waals surface area contributed by atoms with Gasteiger partial charge in [-0.3, -0.25) is 9.69 Å². The Morgan fingerprint density at radius 3 is 2.59 bits per heavy atom. The van der Waals surface area contributed by atoms with Crippen molar-refractivity contribution < 1.29 is 43.2 Å². The van der Waals surface area contributed by atoms with Gasteiger partial charge in [0.2, 0.25) is 5.43 Å². The molecule has 0 bridgehead atoms. The number of carboxylic acid groups (broad SMARTS) is 1. The van der Waals surface area contributed by atoms with E-state index in [1.54, 1.807) is 9.47 Å². The summed E-state index contributed by atoms with van der Waals surface area (Å²) < 4.78 is 42.3. The second kappa shape index (κ2) is 10.00. The van der Waals surface area contributed by atoms with E-state index in [1.807, 2.05) is 0 Å². The summed E-state index contributed by atoms with van der Waals surface area (Å²) in [6, 6.07) is 6.46. The number of carbonyl (C=O) groups excluding carboxylic acids is 1. The number of anilines is 2. The van der Waals surface area contributed by atoms with Crippen LogP contribution in [0.3, 0.4) is 0 Å². The molecule has 6 rings (SSSR count). The van der Waals surface area contributed by atoms with Crippen LogP contribution < -0.4 is 20.0 Å². The predicted octanol–water partition coefficient (Wildman–Crippen LogP) is 2.65. The highest BCUT2D eigenvalue weighted by atomic mass is 19.1. The van der Waals surface area contributed by atoms with Crippen LogP contribution in [0.1, 0.15) is 35.7 Å². The van der Waals surface area contributed by atoms with Crippen LogP contribution in [0.5, 0.6) is 5.75 Å². The Kier molecular flexibility index (Phi) is 6.57. The van der Waals surface area contributed by atoms with Gasteiger partial charge < -0.3 is 34.3 Å². The molecule has 1 aromatic heterocycles. The second-order valence-electron chi connectivity index (χ2n) is 10.7. The summed E-state index contributed by atoms with van der Waals surface area (Å²) in [6.45, 7) is -0.336. The quantitative estimate of drug-likeness (QED) is 0.372. The van der Waals surface area contributed by atoms with E-state index in [4.69, 9.17) is 9.47 Å². The van der Waals surface area contributed by atoms with E-state index in [0.717, 1.165) is 25.0 Å². The number of benzene rings is 2. The third kappa shape index (κ3) is 4.95. The average Bonchev–Trinajstić information content (AvgIpc) is 3.60. The first-order valence-electron chi connectivity index (χ1n) is 13.2. The molecule has 0 spiro atoms. The smallest absolute Gasteiger partial charge is 0.414 e. The maximum absolute atomic E-state index is 15.3. The van der Waals surface area contributed by atoms with Crippen LogP contribution in [0.2, 0.25) is 0 Å². The van der Waals surface area contributed by atoms with Gasteiger partial charge in [0.15, 0.2) is 11.6 Å². The van der Waals surface area contributed by atoms with Crippen LogP contribution in [0, 0.1) is 11.6 Å². The van der Waals surface area contributed by atoms with Crippen molar-refractivity contribution in [2.45, 2.75) is 37.0 Å². The minimum Gasteiger partial charge on any atom is -0.487 e. The number of β-amino-alcohol motifs (C(OH)–C–C–N with tert-alkyl or cyclic N) is 1.